The zero-order chi connectivity index (χ0) is 25.8. The summed E-state index contributed by atoms with van der Waals surface area (Å²) in [4.78, 5) is 19.8. The van der Waals surface area contributed by atoms with E-state index in [2.05, 4.69) is 23.1 Å². The molecule has 0 bridgehead atoms. The van der Waals surface area contributed by atoms with Gasteiger partial charge in [-0.15, -0.1) is 0 Å². The van der Waals surface area contributed by atoms with Crippen molar-refractivity contribution in [2.75, 3.05) is 40.5 Å². The van der Waals surface area contributed by atoms with Crippen LogP contribution in [0.2, 0.25) is 0 Å². The van der Waals surface area contributed by atoms with E-state index >= 15 is 0 Å². The summed E-state index contributed by atoms with van der Waals surface area (Å²) < 4.78 is 39.6. The number of fused-ring (bicyclic) bond motifs is 1. The van der Waals surface area contributed by atoms with Crippen LogP contribution in [0.25, 0.3) is 22.0 Å². The van der Waals surface area contributed by atoms with E-state index in [1.54, 1.807) is 26.3 Å². The first kappa shape index (κ1) is 26.3. The highest BCUT2D eigenvalue weighted by Gasteiger charge is 2.33. The third-order valence-electron chi connectivity index (χ3n) is 5.77. The Balaban J connectivity index is 2.49. The van der Waals surface area contributed by atoms with Crippen LogP contribution in [0.15, 0.2) is 69.5 Å². The number of sulfonamides is 1. The van der Waals surface area contributed by atoms with Crippen LogP contribution in [-0.4, -0.2) is 64.4 Å². The summed E-state index contributed by atoms with van der Waals surface area (Å²) in [5, 5.41) is 0.546. The van der Waals surface area contributed by atoms with E-state index in [0.29, 0.717) is 22.2 Å². The average Bonchev–Trinajstić information content (AvgIpc) is 2.83. The van der Waals surface area contributed by atoms with E-state index < -0.39 is 15.6 Å². The first-order chi connectivity index (χ1) is 16.7. The van der Waals surface area contributed by atoms with E-state index in [4.69, 9.17) is 9.47 Å². The van der Waals surface area contributed by atoms with Crippen LogP contribution >= 0.6 is 0 Å². The lowest BCUT2D eigenvalue weighted by Gasteiger charge is -2.27. The maximum absolute atomic E-state index is 13.8. The smallest absolute Gasteiger partial charge is 0.269 e. The number of aliphatic imine (C=N–C) groups is 1. The topological polar surface area (TPSA) is 101 Å². The number of morpholine rings is 1. The van der Waals surface area contributed by atoms with Gasteiger partial charge in [0.25, 0.3) is 5.56 Å². The molecule has 1 saturated heterocycles. The Morgan fingerprint density at radius 2 is 1.94 bits per heavy atom. The molecule has 1 aromatic heterocycles. The van der Waals surface area contributed by atoms with Crippen LogP contribution < -0.4 is 5.56 Å². The SMILES string of the molecule is C=C/C=C(\C=N/C)c1c(S(=O)(=O)N2CCOCC2)c(=O)[nH]c2ccc(/C(C(=C)C)=C(\C)OC)cc12. The molecule has 1 aliphatic heterocycles. The molecule has 1 fully saturated rings. The van der Waals surface area contributed by atoms with E-state index in [0.717, 1.165) is 16.7 Å². The van der Waals surface area contributed by atoms with Crippen LogP contribution in [0.1, 0.15) is 25.0 Å². The number of nitrogens with one attached hydrogen (secondary N) is 1. The van der Waals surface area contributed by atoms with Crippen molar-refractivity contribution in [2.45, 2.75) is 18.7 Å². The lowest BCUT2D eigenvalue weighted by molar-refractivity contribution is 0.0730. The van der Waals surface area contributed by atoms with Gasteiger partial charge in [-0.25, -0.2) is 8.42 Å². The molecule has 0 amide bonds. The van der Waals surface area contributed by atoms with Crippen molar-refractivity contribution in [2.24, 2.45) is 4.99 Å². The van der Waals surface area contributed by atoms with Gasteiger partial charge in [-0.3, -0.25) is 9.79 Å². The molecule has 8 nitrogen and oxygen atoms in total. The molecule has 1 aromatic carbocycles. The van der Waals surface area contributed by atoms with Crippen LogP contribution in [0.5, 0.6) is 0 Å². The number of benzene rings is 1. The summed E-state index contributed by atoms with van der Waals surface area (Å²) in [5.74, 6) is 0.668. The minimum absolute atomic E-state index is 0.164. The van der Waals surface area contributed by atoms with Gasteiger partial charge in [0.05, 0.1) is 20.3 Å². The van der Waals surface area contributed by atoms with E-state index in [1.807, 2.05) is 26.0 Å². The first-order valence-corrected chi connectivity index (χ1v) is 12.6. The lowest BCUT2D eigenvalue weighted by atomic mass is 9.94. The Bertz CT molecular complexity index is 1410. The van der Waals surface area contributed by atoms with Gasteiger partial charge in [-0.2, -0.15) is 4.31 Å². The molecule has 1 N–H and O–H groups in total. The highest BCUT2D eigenvalue weighted by Crippen LogP contribution is 2.34. The van der Waals surface area contributed by atoms with Crippen molar-refractivity contribution in [3.05, 3.63) is 76.3 Å². The predicted octanol–water partition coefficient (Wildman–Crippen LogP) is 3.77. The number of aromatic amines is 1. The lowest BCUT2D eigenvalue weighted by Crippen LogP contribution is -2.42. The third kappa shape index (κ3) is 5.22. The summed E-state index contributed by atoms with van der Waals surface area (Å²) in [7, 11) is -0.986. The predicted molar refractivity (Wildman–Crippen MR) is 141 cm³/mol. The number of nitrogens with zero attached hydrogens (tertiary/aromatic N) is 2. The van der Waals surface area contributed by atoms with Gasteiger partial charge < -0.3 is 14.5 Å². The Labute approximate surface area is 206 Å². The maximum Gasteiger partial charge on any atom is 0.269 e. The molecule has 0 atom stereocenters. The first-order valence-electron chi connectivity index (χ1n) is 11.1. The molecule has 186 valence electrons. The number of rotatable bonds is 8. The van der Waals surface area contributed by atoms with Crippen molar-refractivity contribution in [1.82, 2.24) is 9.29 Å². The fraction of sp³-hybridized carbons (Fsp3) is 0.308. The van der Waals surface area contributed by atoms with Crippen LogP contribution in [0.3, 0.4) is 0 Å². The van der Waals surface area contributed by atoms with Gasteiger partial charge in [-0.05, 0) is 37.1 Å². The number of allylic oxidation sites excluding steroid dienone is 6. The molecule has 2 heterocycles. The van der Waals surface area contributed by atoms with Crippen LogP contribution in [-0.2, 0) is 19.5 Å². The number of methoxy groups -OCH3 is 1. The molecule has 0 unspecified atom stereocenters. The summed E-state index contributed by atoms with van der Waals surface area (Å²) in [6.45, 7) is 12.4. The summed E-state index contributed by atoms with van der Waals surface area (Å²) in [6.07, 6.45) is 4.70. The van der Waals surface area contributed by atoms with Crippen LogP contribution in [0, 0.1) is 0 Å². The van der Waals surface area contributed by atoms with Crippen molar-refractivity contribution >= 4 is 38.3 Å². The zero-order valence-electron chi connectivity index (χ0n) is 20.6. The zero-order valence-corrected chi connectivity index (χ0v) is 21.4. The second-order valence-electron chi connectivity index (χ2n) is 8.10. The monoisotopic (exact) mass is 497 g/mol. The fourth-order valence-corrected chi connectivity index (χ4v) is 5.85. The van der Waals surface area contributed by atoms with Crippen LogP contribution in [0.4, 0.5) is 0 Å². The Hall–Kier alpha value is -3.27. The van der Waals surface area contributed by atoms with E-state index in [9.17, 15) is 13.2 Å². The highest BCUT2D eigenvalue weighted by atomic mass is 32.2. The van der Waals surface area contributed by atoms with E-state index in [1.165, 1.54) is 16.6 Å². The molecular weight excluding hydrogens is 466 g/mol. The van der Waals surface area contributed by atoms with Gasteiger partial charge in [-0.1, -0.05) is 31.4 Å². The average molecular weight is 498 g/mol. The molecule has 0 aliphatic carbocycles. The summed E-state index contributed by atoms with van der Waals surface area (Å²) >= 11 is 0. The number of pyridine rings is 1. The largest absolute Gasteiger partial charge is 0.501 e. The van der Waals surface area contributed by atoms with Crippen molar-refractivity contribution < 1.29 is 17.9 Å². The molecule has 35 heavy (non-hydrogen) atoms. The number of ether oxygens (including phenoxy) is 2. The minimum atomic E-state index is -4.15. The Morgan fingerprint density at radius 3 is 2.51 bits per heavy atom. The van der Waals surface area contributed by atoms with Gasteiger partial charge in [0.2, 0.25) is 10.0 Å². The molecule has 0 saturated carbocycles. The molecule has 2 aromatic rings. The highest BCUT2D eigenvalue weighted by molar-refractivity contribution is 7.89. The number of hydrogen-bond acceptors (Lipinski definition) is 6. The third-order valence-corrected chi connectivity index (χ3v) is 7.72. The standard InChI is InChI=1S/C26H31N3O5S/c1-7-8-20(16-27-5)24-21-15-19(23(17(2)3)18(4)33-6)9-10-22(21)28-26(30)25(24)35(31,32)29-11-13-34-14-12-29/h7-10,15-16H,1-2,11-14H2,3-6H3,(H,28,30)/b20-8+,23-18+,27-16-. The molecule has 0 radical (unpaired) electrons. The fourth-order valence-electron chi connectivity index (χ4n) is 4.19. The maximum atomic E-state index is 13.8. The summed E-state index contributed by atoms with van der Waals surface area (Å²) in [5.41, 5.74) is 2.86. The minimum Gasteiger partial charge on any atom is -0.501 e. The second kappa shape index (κ2) is 11.0. The van der Waals surface area contributed by atoms with Gasteiger partial charge in [0, 0.05) is 54.0 Å². The number of H-pyrrole nitrogens is 1. The molecule has 0 spiro atoms. The van der Waals surface area contributed by atoms with Crippen molar-refractivity contribution in [3.8, 4) is 0 Å². The number of hydrogen-bond donors (Lipinski definition) is 1. The quantitative estimate of drug-likeness (QED) is 0.340. The molecule has 9 heteroatoms. The molecule has 1 aliphatic rings. The van der Waals surface area contributed by atoms with Gasteiger partial charge in [0.15, 0.2) is 4.90 Å². The van der Waals surface area contributed by atoms with Gasteiger partial charge in [0.1, 0.15) is 5.76 Å². The van der Waals surface area contributed by atoms with E-state index in [-0.39, 0.29) is 36.8 Å². The molecular formula is C26H31N3O5S. The normalized spacial score (nSPS) is 16.4. The summed E-state index contributed by atoms with van der Waals surface area (Å²) in [6, 6.07) is 5.43. The molecule has 3 rings (SSSR count). The second-order valence-corrected chi connectivity index (χ2v) is 9.97. The van der Waals surface area contributed by atoms with Crippen molar-refractivity contribution in [1.29, 1.82) is 0 Å². The van der Waals surface area contributed by atoms with Gasteiger partial charge >= 0.3 is 0 Å². The Kier molecular flexibility index (Phi) is 8.26. The Morgan fingerprint density at radius 1 is 1.26 bits per heavy atom. The number of aromatic nitrogens is 1. The van der Waals surface area contributed by atoms with Crippen molar-refractivity contribution in [3.63, 3.8) is 0 Å².